The fourth-order valence-corrected chi connectivity index (χ4v) is 2.02. The molecule has 5 heteroatoms. The number of hydrazone groups is 1. The normalized spacial score (nSPS) is 18.3. The molecule has 1 fully saturated rings. The van der Waals surface area contributed by atoms with Gasteiger partial charge in [0.25, 0.3) is 0 Å². The first-order valence-corrected chi connectivity index (χ1v) is 6.20. The van der Waals surface area contributed by atoms with Crippen LogP contribution in [0.1, 0.15) is 12.8 Å². The number of nitrogens with zero attached hydrogens (tertiary/aromatic N) is 2. The predicted octanol–water partition coefficient (Wildman–Crippen LogP) is 1.41. The zero-order valence-corrected chi connectivity index (χ0v) is 10.4. The van der Waals surface area contributed by atoms with Crippen LogP contribution in [0.15, 0.2) is 29.4 Å². The van der Waals surface area contributed by atoms with Gasteiger partial charge in [-0.2, -0.15) is 5.10 Å². The number of hydrogen-bond donors (Lipinski definition) is 1. The second-order valence-corrected chi connectivity index (χ2v) is 4.51. The van der Waals surface area contributed by atoms with E-state index in [2.05, 4.69) is 15.4 Å². The molecule has 0 bridgehead atoms. The minimum atomic E-state index is 0.510. The maximum absolute atomic E-state index is 5.73. The van der Waals surface area contributed by atoms with Crippen molar-refractivity contribution in [3.05, 3.63) is 24.3 Å². The topological polar surface area (TPSA) is 46.1 Å². The molecule has 5 nitrogen and oxygen atoms in total. The van der Waals surface area contributed by atoms with Gasteiger partial charge in [0.15, 0.2) is 5.84 Å². The molecule has 0 saturated heterocycles. The molecular weight excluding hydrogens is 230 g/mol. The number of nitrogens with one attached hydrogen (secondary N) is 1. The second-order valence-electron chi connectivity index (χ2n) is 4.51. The van der Waals surface area contributed by atoms with Gasteiger partial charge in [-0.05, 0) is 37.1 Å². The number of rotatable bonds is 5. The summed E-state index contributed by atoms with van der Waals surface area (Å²) in [4.78, 5) is 2.28. The molecule has 0 spiro atoms. The Balaban J connectivity index is 1.56. The summed E-state index contributed by atoms with van der Waals surface area (Å²) in [6.07, 6.45) is 2.53. The molecule has 1 aromatic rings. The summed E-state index contributed by atoms with van der Waals surface area (Å²) in [6, 6.07) is 8.26. The van der Waals surface area contributed by atoms with Crippen molar-refractivity contribution in [2.24, 2.45) is 5.10 Å². The van der Waals surface area contributed by atoms with Crippen LogP contribution in [-0.2, 0) is 0 Å². The highest BCUT2D eigenvalue weighted by molar-refractivity contribution is 5.85. The molecule has 1 aromatic carbocycles. The van der Waals surface area contributed by atoms with Crippen LogP contribution in [-0.4, -0.2) is 37.2 Å². The number of methoxy groups -OCH3 is 1. The molecular formula is C13H17N3O2. The van der Waals surface area contributed by atoms with Crippen LogP contribution in [0.4, 0.5) is 0 Å². The number of benzene rings is 1. The minimum Gasteiger partial charge on any atom is -0.497 e. The molecule has 18 heavy (non-hydrogen) atoms. The summed E-state index contributed by atoms with van der Waals surface area (Å²) in [7, 11) is 1.66. The van der Waals surface area contributed by atoms with E-state index in [1.54, 1.807) is 7.11 Å². The lowest BCUT2D eigenvalue weighted by molar-refractivity contribution is 0.339. The van der Waals surface area contributed by atoms with Crippen molar-refractivity contribution in [3.63, 3.8) is 0 Å². The molecule has 1 saturated carbocycles. The lowest BCUT2D eigenvalue weighted by Gasteiger charge is -2.18. The molecule has 2 aliphatic rings. The van der Waals surface area contributed by atoms with E-state index in [-0.39, 0.29) is 0 Å². The van der Waals surface area contributed by atoms with Crippen LogP contribution in [0.25, 0.3) is 0 Å². The molecule has 0 atom stereocenters. The van der Waals surface area contributed by atoms with Gasteiger partial charge >= 0.3 is 0 Å². The summed E-state index contributed by atoms with van der Waals surface area (Å²) in [5, 5.41) is 4.27. The summed E-state index contributed by atoms with van der Waals surface area (Å²) < 4.78 is 10.8. The van der Waals surface area contributed by atoms with Gasteiger partial charge < -0.3 is 14.4 Å². The molecule has 3 rings (SSSR count). The first kappa shape index (κ1) is 11.2. The maximum atomic E-state index is 5.73. The van der Waals surface area contributed by atoms with Crippen molar-refractivity contribution in [1.29, 1.82) is 0 Å². The highest BCUT2D eigenvalue weighted by atomic mass is 16.5. The Morgan fingerprint density at radius 1 is 1.28 bits per heavy atom. The van der Waals surface area contributed by atoms with Gasteiger partial charge in [0.05, 0.1) is 7.11 Å². The van der Waals surface area contributed by atoms with Crippen LogP contribution in [0.2, 0.25) is 0 Å². The average Bonchev–Trinajstić information content (AvgIpc) is 3.16. The highest BCUT2D eigenvalue weighted by Gasteiger charge is 2.33. The van der Waals surface area contributed by atoms with Crippen molar-refractivity contribution in [1.82, 2.24) is 10.3 Å². The quantitative estimate of drug-likeness (QED) is 0.854. The van der Waals surface area contributed by atoms with E-state index in [0.29, 0.717) is 12.6 Å². The summed E-state index contributed by atoms with van der Waals surface area (Å²) >= 11 is 0. The molecule has 0 amide bonds. The molecule has 1 aliphatic heterocycles. The molecule has 0 unspecified atom stereocenters. The van der Waals surface area contributed by atoms with Crippen LogP contribution in [0.3, 0.4) is 0 Å². The van der Waals surface area contributed by atoms with Gasteiger partial charge in [-0.3, -0.25) is 5.43 Å². The molecule has 1 N–H and O–H groups in total. The van der Waals surface area contributed by atoms with Gasteiger partial charge in [-0.1, -0.05) is 0 Å². The van der Waals surface area contributed by atoms with E-state index in [9.17, 15) is 0 Å². The summed E-state index contributed by atoms with van der Waals surface area (Å²) in [5.74, 6) is 2.66. The monoisotopic (exact) mass is 247 g/mol. The van der Waals surface area contributed by atoms with E-state index in [1.165, 1.54) is 12.8 Å². The van der Waals surface area contributed by atoms with Gasteiger partial charge in [0, 0.05) is 6.04 Å². The Kier molecular flexibility index (Phi) is 2.96. The molecule has 1 heterocycles. The van der Waals surface area contributed by atoms with Gasteiger partial charge in [-0.25, -0.2) is 0 Å². The zero-order chi connectivity index (χ0) is 12.4. The lowest BCUT2D eigenvalue weighted by atomic mass is 10.3. The van der Waals surface area contributed by atoms with Crippen molar-refractivity contribution in [3.8, 4) is 11.5 Å². The van der Waals surface area contributed by atoms with Gasteiger partial charge in [-0.15, -0.1) is 0 Å². The SMILES string of the molecule is COc1ccc(OCC2=NNCN2C2CC2)cc1. The third kappa shape index (κ3) is 2.34. The number of amidine groups is 1. The van der Waals surface area contributed by atoms with Crippen molar-refractivity contribution < 1.29 is 9.47 Å². The fraction of sp³-hybridized carbons (Fsp3) is 0.462. The fourth-order valence-electron chi connectivity index (χ4n) is 2.02. The van der Waals surface area contributed by atoms with Crippen molar-refractivity contribution in [2.75, 3.05) is 20.4 Å². The Morgan fingerprint density at radius 2 is 2.00 bits per heavy atom. The lowest BCUT2D eigenvalue weighted by Crippen LogP contribution is -2.34. The van der Waals surface area contributed by atoms with Gasteiger partial charge in [0.2, 0.25) is 0 Å². The van der Waals surface area contributed by atoms with Crippen LogP contribution in [0.5, 0.6) is 11.5 Å². The smallest absolute Gasteiger partial charge is 0.164 e. The largest absolute Gasteiger partial charge is 0.497 e. The average molecular weight is 247 g/mol. The zero-order valence-electron chi connectivity index (χ0n) is 10.4. The Morgan fingerprint density at radius 3 is 2.67 bits per heavy atom. The van der Waals surface area contributed by atoms with Crippen molar-refractivity contribution in [2.45, 2.75) is 18.9 Å². The van der Waals surface area contributed by atoms with E-state index >= 15 is 0 Å². The summed E-state index contributed by atoms with van der Waals surface area (Å²) in [5.41, 5.74) is 3.01. The molecule has 1 aliphatic carbocycles. The summed E-state index contributed by atoms with van der Waals surface area (Å²) in [6.45, 7) is 1.32. The van der Waals surface area contributed by atoms with Crippen molar-refractivity contribution >= 4 is 5.84 Å². The molecule has 96 valence electrons. The first-order chi connectivity index (χ1) is 8.86. The Labute approximate surface area is 106 Å². The first-order valence-electron chi connectivity index (χ1n) is 6.20. The van der Waals surface area contributed by atoms with E-state index in [0.717, 1.165) is 24.0 Å². The highest BCUT2D eigenvalue weighted by Crippen LogP contribution is 2.28. The van der Waals surface area contributed by atoms with E-state index in [4.69, 9.17) is 9.47 Å². The third-order valence-electron chi connectivity index (χ3n) is 3.20. The Bertz CT molecular complexity index is 440. The second kappa shape index (κ2) is 4.76. The maximum Gasteiger partial charge on any atom is 0.164 e. The minimum absolute atomic E-state index is 0.510. The standard InChI is InChI=1S/C13H17N3O2/c1-17-11-4-6-12(7-5-11)18-8-13-15-14-9-16(13)10-2-3-10/h4-7,10,14H,2-3,8-9H2,1H3. The molecule has 0 radical (unpaired) electrons. The van der Waals surface area contributed by atoms with Crippen LogP contribution < -0.4 is 14.9 Å². The third-order valence-corrected chi connectivity index (χ3v) is 3.20. The van der Waals surface area contributed by atoms with E-state index in [1.807, 2.05) is 24.3 Å². The van der Waals surface area contributed by atoms with E-state index < -0.39 is 0 Å². The predicted molar refractivity (Wildman–Crippen MR) is 68.8 cm³/mol. The van der Waals surface area contributed by atoms with Gasteiger partial charge in [0.1, 0.15) is 24.8 Å². The Hall–Kier alpha value is -1.91. The molecule has 0 aromatic heterocycles. The van der Waals surface area contributed by atoms with Crippen LogP contribution in [0, 0.1) is 0 Å². The number of hydrogen-bond acceptors (Lipinski definition) is 5. The van der Waals surface area contributed by atoms with Crippen LogP contribution >= 0.6 is 0 Å². The number of ether oxygens (including phenoxy) is 2.